The molecule has 5 nitrogen and oxygen atoms in total. The maximum atomic E-state index is 12.0. The van der Waals surface area contributed by atoms with Crippen LogP contribution in [-0.4, -0.2) is 28.3 Å². The van der Waals surface area contributed by atoms with Gasteiger partial charge in [0.15, 0.2) is 11.3 Å². The first kappa shape index (κ1) is 18.8. The molecule has 0 fully saturated rings. The lowest BCUT2D eigenvalue weighted by Gasteiger charge is -2.16. The average molecular weight is 379 g/mol. The molecule has 1 N–H and O–H groups in total. The summed E-state index contributed by atoms with van der Waals surface area (Å²) in [5.41, 5.74) is 3.00. The number of rotatable bonds is 4. The van der Waals surface area contributed by atoms with Crippen LogP contribution in [0.15, 0.2) is 90.0 Å². The van der Waals surface area contributed by atoms with Crippen molar-refractivity contribution < 1.29 is 9.53 Å². The molecule has 0 radical (unpaired) electrons. The number of thioether (sulfide) groups is 1. The maximum Gasteiger partial charge on any atom is 0.186 e. The summed E-state index contributed by atoms with van der Waals surface area (Å²) in [5, 5.41) is 5.41. The Morgan fingerprint density at radius 2 is 1.96 bits per heavy atom. The van der Waals surface area contributed by atoms with E-state index in [-0.39, 0.29) is 11.3 Å². The van der Waals surface area contributed by atoms with Crippen molar-refractivity contribution in [2.24, 2.45) is 0 Å². The van der Waals surface area contributed by atoms with Crippen LogP contribution in [0.25, 0.3) is 0 Å². The Morgan fingerprint density at radius 1 is 1.22 bits per heavy atom. The molecule has 3 heterocycles. The van der Waals surface area contributed by atoms with Crippen LogP contribution < -0.4 is 10.1 Å². The first-order valence-corrected chi connectivity index (χ1v) is 9.42. The lowest BCUT2D eigenvalue weighted by atomic mass is 10.1. The number of nitrogens with zero attached hydrogens (tertiary/aromatic N) is 2. The van der Waals surface area contributed by atoms with Crippen LogP contribution in [0.5, 0.6) is 5.75 Å². The third-order valence-corrected chi connectivity index (χ3v) is 4.90. The Hall–Kier alpha value is -2.99. The molecule has 2 aliphatic heterocycles. The molecule has 1 atom stereocenters. The van der Waals surface area contributed by atoms with Gasteiger partial charge in [-0.15, -0.1) is 0 Å². The predicted molar refractivity (Wildman–Crippen MR) is 109 cm³/mol. The maximum absolute atomic E-state index is 12.0. The van der Waals surface area contributed by atoms with E-state index in [2.05, 4.69) is 15.2 Å². The lowest BCUT2D eigenvalue weighted by molar-refractivity contribution is 0.104. The van der Waals surface area contributed by atoms with Crippen molar-refractivity contribution in [3.05, 3.63) is 95.6 Å². The van der Waals surface area contributed by atoms with Crippen molar-refractivity contribution in [3.8, 4) is 5.75 Å². The quantitative estimate of drug-likeness (QED) is 0.636. The molecule has 1 aromatic heterocycles. The number of para-hydroxylation sites is 1. The highest BCUT2D eigenvalue weighted by molar-refractivity contribution is 8.02. The third kappa shape index (κ3) is 4.80. The number of pyridine rings is 1. The van der Waals surface area contributed by atoms with Gasteiger partial charge in [0.05, 0.1) is 12.8 Å². The van der Waals surface area contributed by atoms with Crippen LogP contribution in [0.1, 0.15) is 17.3 Å². The molecule has 2 aliphatic rings. The number of hydrogen-bond donors (Lipinski definition) is 1. The fourth-order valence-corrected chi connectivity index (χ4v) is 3.53. The Bertz CT molecular complexity index is 864. The Kier molecular flexibility index (Phi) is 6.33. The van der Waals surface area contributed by atoms with E-state index in [4.69, 9.17) is 4.74 Å². The van der Waals surface area contributed by atoms with E-state index in [1.54, 1.807) is 49.5 Å². The van der Waals surface area contributed by atoms with Gasteiger partial charge >= 0.3 is 0 Å². The second-order valence-electron chi connectivity index (χ2n) is 5.79. The Balaban J connectivity index is 0.000000221. The SMILES string of the molecule is CC1=C(/C=C/C(=O)c2ccncc2)N2C=CSC2N1.COc1ccccc1. The van der Waals surface area contributed by atoms with E-state index in [1.165, 1.54) is 0 Å². The van der Waals surface area contributed by atoms with Gasteiger partial charge in [-0.05, 0) is 48.7 Å². The van der Waals surface area contributed by atoms with E-state index in [9.17, 15) is 4.79 Å². The number of nitrogens with one attached hydrogen (secondary N) is 1. The molecular formula is C21H21N3O2S. The fourth-order valence-electron chi connectivity index (χ4n) is 2.62. The minimum absolute atomic E-state index is 0.0121. The summed E-state index contributed by atoms with van der Waals surface area (Å²) in [6, 6.07) is 13.1. The van der Waals surface area contributed by atoms with Gasteiger partial charge in [0, 0.05) is 29.9 Å². The molecule has 2 aromatic rings. The molecular weight excluding hydrogens is 358 g/mol. The Labute approximate surface area is 163 Å². The van der Waals surface area contributed by atoms with Crippen LogP contribution in [0.3, 0.4) is 0 Å². The minimum atomic E-state index is -0.0121. The van der Waals surface area contributed by atoms with Crippen LogP contribution in [0.4, 0.5) is 0 Å². The van der Waals surface area contributed by atoms with Crippen molar-refractivity contribution in [1.82, 2.24) is 15.2 Å². The highest BCUT2D eigenvalue weighted by Gasteiger charge is 2.29. The van der Waals surface area contributed by atoms with Gasteiger partial charge in [-0.25, -0.2) is 0 Å². The number of fused-ring (bicyclic) bond motifs is 1. The molecule has 1 aromatic carbocycles. The lowest BCUT2D eigenvalue weighted by Crippen LogP contribution is -2.26. The zero-order valence-corrected chi connectivity index (χ0v) is 16.0. The van der Waals surface area contributed by atoms with Crippen LogP contribution in [-0.2, 0) is 0 Å². The van der Waals surface area contributed by atoms with Crippen molar-refractivity contribution in [3.63, 3.8) is 0 Å². The number of carbonyl (C=O) groups is 1. The molecule has 1 unspecified atom stereocenters. The highest BCUT2D eigenvalue weighted by Crippen LogP contribution is 2.33. The molecule has 6 heteroatoms. The number of ether oxygens (including phenoxy) is 1. The van der Waals surface area contributed by atoms with Gasteiger partial charge in [-0.3, -0.25) is 9.78 Å². The fraction of sp³-hybridized carbons (Fsp3) is 0.143. The van der Waals surface area contributed by atoms with Crippen molar-refractivity contribution in [2.75, 3.05) is 7.11 Å². The second-order valence-corrected chi connectivity index (χ2v) is 6.78. The number of hydrogen-bond acceptors (Lipinski definition) is 6. The largest absolute Gasteiger partial charge is 0.497 e. The monoisotopic (exact) mass is 379 g/mol. The molecule has 0 saturated heterocycles. The summed E-state index contributed by atoms with van der Waals surface area (Å²) in [6.07, 6.45) is 8.74. The minimum Gasteiger partial charge on any atom is -0.497 e. The van der Waals surface area contributed by atoms with Gasteiger partial charge in [0.1, 0.15) is 5.75 Å². The molecule has 0 spiro atoms. The van der Waals surface area contributed by atoms with E-state index in [0.29, 0.717) is 5.56 Å². The molecule has 0 aliphatic carbocycles. The third-order valence-electron chi connectivity index (χ3n) is 4.02. The molecule has 27 heavy (non-hydrogen) atoms. The average Bonchev–Trinajstić information content (AvgIpc) is 3.28. The summed E-state index contributed by atoms with van der Waals surface area (Å²) >= 11 is 1.72. The van der Waals surface area contributed by atoms with Crippen LogP contribution >= 0.6 is 11.8 Å². The first-order chi connectivity index (χ1) is 13.2. The summed E-state index contributed by atoms with van der Waals surface area (Å²) in [6.45, 7) is 2.02. The summed E-state index contributed by atoms with van der Waals surface area (Å²) in [5.74, 6) is 0.898. The van der Waals surface area contributed by atoms with Gasteiger partial charge in [-0.2, -0.15) is 0 Å². The number of allylic oxidation sites excluding steroid dienone is 3. The van der Waals surface area contributed by atoms with E-state index >= 15 is 0 Å². The number of benzene rings is 1. The summed E-state index contributed by atoms with van der Waals surface area (Å²) in [4.78, 5) is 18.0. The van der Waals surface area contributed by atoms with E-state index < -0.39 is 0 Å². The summed E-state index contributed by atoms with van der Waals surface area (Å²) in [7, 11) is 1.66. The number of methoxy groups -OCH3 is 1. The first-order valence-electron chi connectivity index (χ1n) is 8.48. The smallest absolute Gasteiger partial charge is 0.186 e. The van der Waals surface area contributed by atoms with Gasteiger partial charge in [0.2, 0.25) is 0 Å². The zero-order chi connectivity index (χ0) is 19.1. The van der Waals surface area contributed by atoms with E-state index in [0.717, 1.165) is 17.1 Å². The predicted octanol–water partition coefficient (Wildman–Crippen LogP) is 4.15. The van der Waals surface area contributed by atoms with Crippen molar-refractivity contribution in [1.29, 1.82) is 0 Å². The zero-order valence-electron chi connectivity index (χ0n) is 15.2. The van der Waals surface area contributed by atoms with E-state index in [1.807, 2.05) is 54.9 Å². The number of ketones is 1. The van der Waals surface area contributed by atoms with Crippen LogP contribution in [0.2, 0.25) is 0 Å². The molecule has 138 valence electrons. The standard InChI is InChI=1S/C14H13N3OS.C7H8O/c1-10-12(17-8-9-19-14(17)16-10)2-3-13(18)11-4-6-15-7-5-11;1-8-7-5-3-2-4-6-7/h2-9,14,16H,1H3;2-6H,1H3/b3-2+;. The number of aromatic nitrogens is 1. The topological polar surface area (TPSA) is 54.5 Å². The molecule has 0 amide bonds. The van der Waals surface area contributed by atoms with Crippen molar-refractivity contribution >= 4 is 17.5 Å². The number of carbonyl (C=O) groups excluding carboxylic acids is 1. The van der Waals surface area contributed by atoms with Crippen molar-refractivity contribution in [2.45, 2.75) is 12.4 Å². The summed E-state index contributed by atoms with van der Waals surface area (Å²) < 4.78 is 4.91. The Morgan fingerprint density at radius 3 is 2.63 bits per heavy atom. The van der Waals surface area contributed by atoms with Gasteiger partial charge in [-0.1, -0.05) is 30.0 Å². The second kappa shape index (κ2) is 9.09. The highest BCUT2D eigenvalue weighted by atomic mass is 32.2. The molecule has 0 saturated carbocycles. The van der Waals surface area contributed by atoms with Gasteiger partial charge < -0.3 is 15.0 Å². The molecule has 0 bridgehead atoms. The van der Waals surface area contributed by atoms with Crippen LogP contribution in [0, 0.1) is 0 Å². The normalized spacial score (nSPS) is 17.4. The molecule has 4 rings (SSSR count). The van der Waals surface area contributed by atoms with Gasteiger partial charge in [0.25, 0.3) is 0 Å².